The molecule has 0 aliphatic rings. The second kappa shape index (κ2) is 4.10. The van der Waals surface area contributed by atoms with Gasteiger partial charge in [-0.1, -0.05) is 0 Å². The van der Waals surface area contributed by atoms with Gasteiger partial charge in [0, 0.05) is 6.42 Å². The first kappa shape index (κ1) is 11.0. The average molecular weight is 179 g/mol. The lowest BCUT2D eigenvalue weighted by molar-refractivity contribution is -0.160. The van der Waals surface area contributed by atoms with Gasteiger partial charge < -0.3 is 4.79 Å². The molecule has 1 unspecified atom stereocenters. The summed E-state index contributed by atoms with van der Waals surface area (Å²) >= 11 is 0. The normalized spacial score (nSPS) is 13.6. The maximum Gasteiger partial charge on any atom is 0.404 e. The molecule has 0 N–H and O–H groups in total. The molecule has 0 saturated carbocycles. The van der Waals surface area contributed by atoms with E-state index in [-0.39, 0.29) is 12.2 Å². The van der Waals surface area contributed by atoms with Crippen LogP contribution in [-0.4, -0.2) is 12.0 Å². The second-order valence-electron chi connectivity index (χ2n) is 2.46. The van der Waals surface area contributed by atoms with Gasteiger partial charge in [-0.25, -0.2) is 0 Å². The van der Waals surface area contributed by atoms with E-state index in [4.69, 9.17) is 5.26 Å². The number of rotatable bonds is 3. The van der Waals surface area contributed by atoms with Crippen molar-refractivity contribution in [3.63, 3.8) is 0 Å². The third-order valence-corrected chi connectivity index (χ3v) is 1.34. The van der Waals surface area contributed by atoms with Gasteiger partial charge in [0.05, 0.1) is 6.07 Å². The van der Waals surface area contributed by atoms with Crippen molar-refractivity contribution in [2.45, 2.75) is 25.9 Å². The summed E-state index contributed by atoms with van der Waals surface area (Å²) < 4.78 is 35.5. The zero-order chi connectivity index (χ0) is 9.78. The molecule has 0 bridgehead atoms. The Labute approximate surface area is 68.0 Å². The second-order valence-corrected chi connectivity index (χ2v) is 2.46. The van der Waals surface area contributed by atoms with E-state index in [0.717, 1.165) is 6.07 Å². The molecule has 0 spiro atoms. The average Bonchev–Trinajstić information content (AvgIpc) is 1.85. The molecule has 0 aliphatic carbocycles. The molecule has 0 rings (SSSR count). The summed E-state index contributed by atoms with van der Waals surface area (Å²) in [6.07, 6.45) is -5.14. The van der Waals surface area contributed by atoms with Crippen LogP contribution >= 0.6 is 0 Å². The number of ketones is 1. The first-order valence-electron chi connectivity index (χ1n) is 3.33. The molecule has 12 heavy (non-hydrogen) atoms. The monoisotopic (exact) mass is 179 g/mol. The molecule has 0 radical (unpaired) electrons. The van der Waals surface area contributed by atoms with E-state index >= 15 is 0 Å². The smallest absolute Gasteiger partial charge is 0.300 e. The third kappa shape index (κ3) is 3.96. The molecule has 0 aromatic heterocycles. The van der Waals surface area contributed by atoms with Crippen LogP contribution in [0.3, 0.4) is 0 Å². The Morgan fingerprint density at radius 3 is 2.33 bits per heavy atom. The van der Waals surface area contributed by atoms with Gasteiger partial charge in [-0.05, 0) is 13.3 Å². The van der Waals surface area contributed by atoms with E-state index in [2.05, 4.69) is 0 Å². The van der Waals surface area contributed by atoms with Crippen molar-refractivity contribution in [2.75, 3.05) is 0 Å². The Morgan fingerprint density at radius 1 is 1.58 bits per heavy atom. The van der Waals surface area contributed by atoms with E-state index in [9.17, 15) is 18.0 Å². The molecule has 68 valence electrons. The minimum atomic E-state index is -4.51. The Hall–Kier alpha value is -1.05. The van der Waals surface area contributed by atoms with Crippen molar-refractivity contribution in [3.05, 3.63) is 0 Å². The molecule has 0 aromatic carbocycles. The van der Waals surface area contributed by atoms with Gasteiger partial charge >= 0.3 is 6.18 Å². The van der Waals surface area contributed by atoms with Crippen molar-refractivity contribution in [2.24, 2.45) is 5.92 Å². The van der Waals surface area contributed by atoms with E-state index in [1.54, 1.807) is 0 Å². The number of hydrogen-bond donors (Lipinski definition) is 0. The van der Waals surface area contributed by atoms with E-state index in [0.29, 0.717) is 0 Å². The van der Waals surface area contributed by atoms with E-state index < -0.39 is 18.5 Å². The standard InChI is InChI=1S/C7H8F3NO/c1-5(12)2-3-6(4-11)7(8,9)10/h6H,2-3H2,1H3. The molecular weight excluding hydrogens is 171 g/mol. The molecule has 1 atom stereocenters. The van der Waals surface area contributed by atoms with Crippen LogP contribution in [0.15, 0.2) is 0 Å². The quantitative estimate of drug-likeness (QED) is 0.665. The van der Waals surface area contributed by atoms with Crippen LogP contribution in [-0.2, 0) is 4.79 Å². The van der Waals surface area contributed by atoms with E-state index in [1.807, 2.05) is 0 Å². The Morgan fingerprint density at radius 2 is 2.08 bits per heavy atom. The summed E-state index contributed by atoms with van der Waals surface area (Å²) in [6.45, 7) is 1.20. The fraction of sp³-hybridized carbons (Fsp3) is 0.714. The number of Topliss-reactive ketones (excluding diaryl/α,β-unsaturated/α-hetero) is 1. The molecule has 0 aliphatic heterocycles. The Balaban J connectivity index is 4.04. The van der Waals surface area contributed by atoms with Crippen LogP contribution in [0.5, 0.6) is 0 Å². The zero-order valence-corrected chi connectivity index (χ0v) is 6.48. The van der Waals surface area contributed by atoms with Crippen molar-refractivity contribution in [1.29, 1.82) is 5.26 Å². The lowest BCUT2D eigenvalue weighted by atomic mass is 10.0. The van der Waals surface area contributed by atoms with Crippen LogP contribution in [0.1, 0.15) is 19.8 Å². The van der Waals surface area contributed by atoms with Crippen LogP contribution in [0.4, 0.5) is 13.2 Å². The van der Waals surface area contributed by atoms with Crippen LogP contribution in [0.25, 0.3) is 0 Å². The zero-order valence-electron chi connectivity index (χ0n) is 6.48. The highest BCUT2D eigenvalue weighted by molar-refractivity contribution is 5.75. The van der Waals surface area contributed by atoms with Crippen LogP contribution < -0.4 is 0 Å². The van der Waals surface area contributed by atoms with Gasteiger partial charge in [0.2, 0.25) is 0 Å². The van der Waals surface area contributed by atoms with Crippen molar-refractivity contribution >= 4 is 5.78 Å². The maximum absolute atomic E-state index is 11.8. The summed E-state index contributed by atoms with van der Waals surface area (Å²) in [5, 5.41) is 8.09. The Bertz CT molecular complexity index is 204. The van der Waals surface area contributed by atoms with Crippen molar-refractivity contribution in [3.8, 4) is 6.07 Å². The number of carbonyl (C=O) groups excluding carboxylic acids is 1. The number of hydrogen-bond acceptors (Lipinski definition) is 2. The highest BCUT2D eigenvalue weighted by Crippen LogP contribution is 2.28. The molecular formula is C7H8F3NO. The third-order valence-electron chi connectivity index (χ3n) is 1.34. The lowest BCUT2D eigenvalue weighted by Gasteiger charge is -2.11. The number of nitriles is 1. The molecule has 0 saturated heterocycles. The van der Waals surface area contributed by atoms with Crippen LogP contribution in [0, 0.1) is 17.2 Å². The predicted octanol–water partition coefficient (Wildman–Crippen LogP) is 2.06. The highest BCUT2D eigenvalue weighted by atomic mass is 19.4. The largest absolute Gasteiger partial charge is 0.404 e. The lowest BCUT2D eigenvalue weighted by Crippen LogP contribution is -2.21. The SMILES string of the molecule is CC(=O)CCC(C#N)C(F)(F)F. The Kier molecular flexibility index (Phi) is 3.74. The summed E-state index contributed by atoms with van der Waals surface area (Å²) in [4.78, 5) is 10.3. The topological polar surface area (TPSA) is 40.9 Å². The molecule has 0 aromatic rings. The minimum Gasteiger partial charge on any atom is -0.300 e. The summed E-state index contributed by atoms with van der Waals surface area (Å²) in [5.74, 6) is -2.35. The summed E-state index contributed by atoms with van der Waals surface area (Å²) in [7, 11) is 0. The molecule has 0 heterocycles. The van der Waals surface area contributed by atoms with Crippen molar-refractivity contribution < 1.29 is 18.0 Å². The summed E-state index contributed by atoms with van der Waals surface area (Å²) in [6, 6.07) is 1.12. The fourth-order valence-electron chi connectivity index (χ4n) is 0.649. The van der Waals surface area contributed by atoms with Gasteiger partial charge in [0.25, 0.3) is 0 Å². The molecule has 2 nitrogen and oxygen atoms in total. The maximum atomic E-state index is 11.8. The predicted molar refractivity (Wildman–Crippen MR) is 35.1 cm³/mol. The first-order valence-corrected chi connectivity index (χ1v) is 3.33. The van der Waals surface area contributed by atoms with Crippen molar-refractivity contribution in [1.82, 2.24) is 0 Å². The fourth-order valence-corrected chi connectivity index (χ4v) is 0.649. The number of carbonyl (C=O) groups is 1. The van der Waals surface area contributed by atoms with Gasteiger partial charge in [-0.15, -0.1) is 0 Å². The van der Waals surface area contributed by atoms with Gasteiger partial charge in [0.15, 0.2) is 0 Å². The minimum absolute atomic E-state index is 0.197. The van der Waals surface area contributed by atoms with E-state index in [1.165, 1.54) is 6.92 Å². The van der Waals surface area contributed by atoms with Crippen LogP contribution in [0.2, 0.25) is 0 Å². The molecule has 0 fully saturated rings. The molecule has 0 amide bonds. The summed E-state index contributed by atoms with van der Waals surface area (Å²) in [5.41, 5.74) is 0. The number of alkyl halides is 3. The van der Waals surface area contributed by atoms with Gasteiger partial charge in [0.1, 0.15) is 11.7 Å². The first-order chi connectivity index (χ1) is 5.38. The van der Waals surface area contributed by atoms with Gasteiger partial charge in [-0.2, -0.15) is 18.4 Å². The highest BCUT2D eigenvalue weighted by Gasteiger charge is 2.39. The number of halogens is 3. The molecule has 5 heteroatoms. The number of nitrogens with zero attached hydrogens (tertiary/aromatic N) is 1. The van der Waals surface area contributed by atoms with Gasteiger partial charge in [-0.3, -0.25) is 0 Å².